The third kappa shape index (κ3) is 4.93. The fourth-order valence-electron chi connectivity index (χ4n) is 1.52. The van der Waals surface area contributed by atoms with Crippen LogP contribution in [0.1, 0.15) is 25.3 Å². The van der Waals surface area contributed by atoms with Crippen LogP contribution in [-0.2, 0) is 0 Å². The molecule has 17 heavy (non-hydrogen) atoms. The third-order valence-corrected chi connectivity index (χ3v) is 2.34. The van der Waals surface area contributed by atoms with E-state index >= 15 is 0 Å². The number of halogens is 3. The van der Waals surface area contributed by atoms with Crippen LogP contribution in [-0.4, -0.2) is 12.7 Å². The minimum Gasteiger partial charge on any atom is -0.385 e. The van der Waals surface area contributed by atoms with Crippen molar-refractivity contribution in [2.24, 2.45) is 0 Å². The maximum Gasteiger partial charge on any atom is 0.389 e. The summed E-state index contributed by atoms with van der Waals surface area (Å²) in [6.45, 7) is 6.01. The summed E-state index contributed by atoms with van der Waals surface area (Å²) in [5, 5.41) is 3.01. The second kappa shape index (κ2) is 5.75. The number of rotatable bonds is 5. The molecule has 1 nitrogen and oxygen atoms in total. The van der Waals surface area contributed by atoms with E-state index in [1.54, 1.807) is 0 Å². The molecular formula is C13H16F3N. The maximum absolute atomic E-state index is 11.9. The molecule has 0 atom stereocenters. The van der Waals surface area contributed by atoms with Crippen LogP contribution in [0, 0.1) is 0 Å². The van der Waals surface area contributed by atoms with Crippen molar-refractivity contribution in [1.82, 2.24) is 0 Å². The predicted molar refractivity (Wildman–Crippen MR) is 64.9 cm³/mol. The number of alkyl halides is 3. The number of allylic oxidation sites excluding steroid dienone is 1. The standard InChI is InChI=1S/C13H16F3N/c1-10(2)11-6-3-4-7-12(11)17-9-5-8-13(14,15)16/h3-4,6-7,17H,1,5,8-9H2,2H3. The highest BCUT2D eigenvalue weighted by atomic mass is 19.4. The first-order valence-electron chi connectivity index (χ1n) is 5.45. The SMILES string of the molecule is C=C(C)c1ccccc1NCCCC(F)(F)F. The van der Waals surface area contributed by atoms with Gasteiger partial charge in [-0.05, 0) is 30.5 Å². The first kappa shape index (κ1) is 13.6. The molecule has 0 aliphatic rings. The molecule has 4 heteroatoms. The molecule has 0 amide bonds. The largest absolute Gasteiger partial charge is 0.389 e. The van der Waals surface area contributed by atoms with Gasteiger partial charge in [-0.15, -0.1) is 0 Å². The molecule has 1 aromatic rings. The van der Waals surface area contributed by atoms with Crippen LogP contribution in [0.2, 0.25) is 0 Å². The lowest BCUT2D eigenvalue weighted by Gasteiger charge is -2.12. The Balaban J connectivity index is 2.49. The van der Waals surface area contributed by atoms with Gasteiger partial charge in [-0.25, -0.2) is 0 Å². The molecule has 1 N–H and O–H groups in total. The summed E-state index contributed by atoms with van der Waals surface area (Å²) in [6.07, 6.45) is -4.75. The van der Waals surface area contributed by atoms with Crippen molar-refractivity contribution >= 4 is 11.3 Å². The average molecular weight is 243 g/mol. The molecule has 0 unspecified atom stereocenters. The van der Waals surface area contributed by atoms with Crippen LogP contribution in [0.4, 0.5) is 18.9 Å². The van der Waals surface area contributed by atoms with Crippen molar-refractivity contribution in [3.05, 3.63) is 36.4 Å². The minimum atomic E-state index is -4.07. The van der Waals surface area contributed by atoms with Crippen molar-refractivity contribution in [1.29, 1.82) is 0 Å². The van der Waals surface area contributed by atoms with Crippen molar-refractivity contribution in [2.75, 3.05) is 11.9 Å². The number of para-hydroxylation sites is 1. The van der Waals surface area contributed by atoms with Gasteiger partial charge in [0.1, 0.15) is 0 Å². The molecule has 0 aliphatic carbocycles. The topological polar surface area (TPSA) is 12.0 Å². The molecule has 0 aromatic heterocycles. The lowest BCUT2D eigenvalue weighted by atomic mass is 10.1. The van der Waals surface area contributed by atoms with E-state index < -0.39 is 12.6 Å². The van der Waals surface area contributed by atoms with E-state index in [0.29, 0.717) is 6.54 Å². The second-order valence-corrected chi connectivity index (χ2v) is 3.97. The molecule has 0 saturated heterocycles. The minimum absolute atomic E-state index is 0.0774. The Labute approximate surface area is 99.3 Å². The highest BCUT2D eigenvalue weighted by molar-refractivity contribution is 5.73. The molecule has 0 bridgehead atoms. The van der Waals surface area contributed by atoms with Crippen molar-refractivity contribution in [2.45, 2.75) is 25.9 Å². The molecular weight excluding hydrogens is 227 g/mol. The van der Waals surface area contributed by atoms with E-state index in [1.807, 2.05) is 31.2 Å². The van der Waals surface area contributed by atoms with Gasteiger partial charge in [-0.2, -0.15) is 13.2 Å². The predicted octanol–water partition coefficient (Wildman–Crippen LogP) is 4.47. The van der Waals surface area contributed by atoms with E-state index in [4.69, 9.17) is 0 Å². The highest BCUT2D eigenvalue weighted by Gasteiger charge is 2.25. The monoisotopic (exact) mass is 243 g/mol. The van der Waals surface area contributed by atoms with Gasteiger partial charge >= 0.3 is 6.18 Å². The molecule has 0 heterocycles. The summed E-state index contributed by atoms with van der Waals surface area (Å²) in [5.41, 5.74) is 2.67. The zero-order chi connectivity index (χ0) is 12.9. The molecule has 0 spiro atoms. The van der Waals surface area contributed by atoms with Gasteiger partial charge in [0.2, 0.25) is 0 Å². The van der Waals surface area contributed by atoms with Crippen molar-refractivity contribution < 1.29 is 13.2 Å². The number of hydrogen-bond acceptors (Lipinski definition) is 1. The molecule has 0 radical (unpaired) electrons. The molecule has 0 saturated carbocycles. The zero-order valence-electron chi connectivity index (χ0n) is 9.77. The number of anilines is 1. The lowest BCUT2D eigenvalue weighted by molar-refractivity contribution is -0.134. The van der Waals surface area contributed by atoms with E-state index in [1.165, 1.54) is 0 Å². The van der Waals surface area contributed by atoms with Gasteiger partial charge in [0.25, 0.3) is 0 Å². The molecule has 0 fully saturated rings. The van der Waals surface area contributed by atoms with E-state index in [9.17, 15) is 13.2 Å². The third-order valence-electron chi connectivity index (χ3n) is 2.34. The molecule has 1 rings (SSSR count). The Morgan fingerprint density at radius 2 is 1.94 bits per heavy atom. The van der Waals surface area contributed by atoms with E-state index in [-0.39, 0.29) is 6.42 Å². The van der Waals surface area contributed by atoms with Crippen LogP contribution in [0.3, 0.4) is 0 Å². The van der Waals surface area contributed by atoms with Gasteiger partial charge in [-0.1, -0.05) is 24.8 Å². The lowest BCUT2D eigenvalue weighted by Crippen LogP contribution is -2.11. The maximum atomic E-state index is 11.9. The first-order valence-corrected chi connectivity index (χ1v) is 5.45. The van der Waals surface area contributed by atoms with Gasteiger partial charge in [-0.3, -0.25) is 0 Å². The molecule has 94 valence electrons. The van der Waals surface area contributed by atoms with Crippen LogP contribution < -0.4 is 5.32 Å². The summed E-state index contributed by atoms with van der Waals surface area (Å²) in [4.78, 5) is 0. The van der Waals surface area contributed by atoms with Gasteiger partial charge in [0, 0.05) is 18.7 Å². The summed E-state index contributed by atoms with van der Waals surface area (Å²) in [7, 11) is 0. The van der Waals surface area contributed by atoms with Crippen LogP contribution in [0.5, 0.6) is 0 Å². The van der Waals surface area contributed by atoms with Crippen molar-refractivity contribution in [3.63, 3.8) is 0 Å². The Morgan fingerprint density at radius 1 is 1.29 bits per heavy atom. The Bertz CT molecular complexity index is 382. The fourth-order valence-corrected chi connectivity index (χ4v) is 1.52. The van der Waals surface area contributed by atoms with Gasteiger partial charge in [0.15, 0.2) is 0 Å². The Hall–Kier alpha value is -1.45. The zero-order valence-corrected chi connectivity index (χ0v) is 9.77. The first-order chi connectivity index (χ1) is 7.90. The summed E-state index contributed by atoms with van der Waals surface area (Å²) in [6, 6.07) is 7.47. The second-order valence-electron chi connectivity index (χ2n) is 3.97. The average Bonchev–Trinajstić information content (AvgIpc) is 2.23. The molecule has 0 aliphatic heterocycles. The Morgan fingerprint density at radius 3 is 2.53 bits per heavy atom. The van der Waals surface area contributed by atoms with E-state index in [2.05, 4.69) is 11.9 Å². The summed E-state index contributed by atoms with van der Waals surface area (Å²) < 4.78 is 35.8. The molecule has 1 aromatic carbocycles. The normalized spacial score (nSPS) is 11.3. The van der Waals surface area contributed by atoms with Crippen molar-refractivity contribution in [3.8, 4) is 0 Å². The summed E-state index contributed by atoms with van der Waals surface area (Å²) in [5.74, 6) is 0. The van der Waals surface area contributed by atoms with Crippen LogP contribution >= 0.6 is 0 Å². The quantitative estimate of drug-likeness (QED) is 0.752. The van der Waals surface area contributed by atoms with E-state index in [0.717, 1.165) is 16.8 Å². The smallest absolute Gasteiger partial charge is 0.385 e. The fraction of sp³-hybridized carbons (Fsp3) is 0.385. The van der Waals surface area contributed by atoms with Crippen LogP contribution in [0.25, 0.3) is 5.57 Å². The highest BCUT2D eigenvalue weighted by Crippen LogP contribution is 2.23. The van der Waals surface area contributed by atoms with Gasteiger partial charge < -0.3 is 5.32 Å². The number of hydrogen-bond donors (Lipinski definition) is 1. The number of benzene rings is 1. The number of nitrogens with one attached hydrogen (secondary N) is 1. The summed E-state index contributed by atoms with van der Waals surface area (Å²) >= 11 is 0. The Kier molecular flexibility index (Phi) is 4.61. The van der Waals surface area contributed by atoms with Crippen LogP contribution in [0.15, 0.2) is 30.8 Å². The van der Waals surface area contributed by atoms with Gasteiger partial charge in [0.05, 0.1) is 0 Å².